The predicted molar refractivity (Wildman–Crippen MR) is 100 cm³/mol. The first-order valence-electron chi connectivity index (χ1n) is 6.90. The summed E-state index contributed by atoms with van der Waals surface area (Å²) in [5.41, 5.74) is 1.71. The van der Waals surface area contributed by atoms with Gasteiger partial charge in [-0.15, -0.1) is 11.3 Å². The quantitative estimate of drug-likeness (QED) is 0.527. The van der Waals surface area contributed by atoms with Crippen molar-refractivity contribution in [1.29, 1.82) is 0 Å². The number of amides is 1. The van der Waals surface area contributed by atoms with Crippen LogP contribution in [0.2, 0.25) is 0 Å². The van der Waals surface area contributed by atoms with Gasteiger partial charge < -0.3 is 4.74 Å². The number of hydrogen-bond donors (Lipinski definition) is 0. The second-order valence-corrected chi connectivity index (χ2v) is 6.68. The molecule has 23 heavy (non-hydrogen) atoms. The summed E-state index contributed by atoms with van der Waals surface area (Å²) < 4.78 is 6.43. The van der Waals surface area contributed by atoms with E-state index in [0.29, 0.717) is 5.13 Å². The molecule has 0 aliphatic carbocycles. The van der Waals surface area contributed by atoms with Crippen molar-refractivity contribution in [2.45, 2.75) is 6.61 Å². The SMILES string of the molecule is O=C(OCc1ccccc1)N(c1nccs1)c1ccccc1I. The molecule has 0 radical (unpaired) electrons. The molecule has 1 amide bonds. The van der Waals surface area contributed by atoms with Gasteiger partial charge in [0.15, 0.2) is 5.13 Å². The Labute approximate surface area is 151 Å². The van der Waals surface area contributed by atoms with Gasteiger partial charge >= 0.3 is 6.09 Å². The molecule has 3 rings (SSSR count). The molecule has 0 unspecified atom stereocenters. The monoisotopic (exact) mass is 436 g/mol. The number of aromatic nitrogens is 1. The van der Waals surface area contributed by atoms with E-state index in [-0.39, 0.29) is 6.61 Å². The number of rotatable bonds is 4. The minimum Gasteiger partial charge on any atom is -0.444 e. The molecule has 0 fully saturated rings. The van der Waals surface area contributed by atoms with Gasteiger partial charge in [-0.05, 0) is 40.3 Å². The van der Waals surface area contributed by atoms with Gasteiger partial charge in [-0.2, -0.15) is 0 Å². The summed E-state index contributed by atoms with van der Waals surface area (Å²) in [6, 6.07) is 17.3. The number of benzene rings is 2. The Morgan fingerprint density at radius 2 is 1.87 bits per heavy atom. The fourth-order valence-corrected chi connectivity index (χ4v) is 3.29. The number of carbonyl (C=O) groups excluding carboxylic acids is 1. The van der Waals surface area contributed by atoms with Crippen LogP contribution in [0.3, 0.4) is 0 Å². The topological polar surface area (TPSA) is 42.4 Å². The number of halogens is 1. The van der Waals surface area contributed by atoms with Crippen LogP contribution in [0.1, 0.15) is 5.56 Å². The Bertz CT molecular complexity index is 778. The fraction of sp³-hybridized carbons (Fsp3) is 0.0588. The van der Waals surface area contributed by atoms with Crippen molar-refractivity contribution in [1.82, 2.24) is 4.98 Å². The normalized spacial score (nSPS) is 10.3. The summed E-state index contributed by atoms with van der Waals surface area (Å²) in [6.45, 7) is 0.227. The van der Waals surface area contributed by atoms with Gasteiger partial charge in [-0.25, -0.2) is 14.7 Å². The highest BCUT2D eigenvalue weighted by Crippen LogP contribution is 2.31. The van der Waals surface area contributed by atoms with Gasteiger partial charge in [0.2, 0.25) is 0 Å². The minimum absolute atomic E-state index is 0.227. The van der Waals surface area contributed by atoms with Gasteiger partial charge in [-0.3, -0.25) is 0 Å². The molecule has 1 aromatic heterocycles. The molecule has 116 valence electrons. The van der Waals surface area contributed by atoms with E-state index in [9.17, 15) is 4.79 Å². The van der Waals surface area contributed by atoms with Gasteiger partial charge in [0.25, 0.3) is 0 Å². The lowest BCUT2D eigenvalue weighted by Crippen LogP contribution is -2.27. The summed E-state index contributed by atoms with van der Waals surface area (Å²) in [7, 11) is 0. The van der Waals surface area contributed by atoms with Crippen LogP contribution in [0.15, 0.2) is 66.2 Å². The Morgan fingerprint density at radius 3 is 2.57 bits per heavy atom. The molecule has 0 saturated heterocycles. The highest BCUT2D eigenvalue weighted by molar-refractivity contribution is 14.1. The number of para-hydroxylation sites is 1. The third-order valence-corrected chi connectivity index (χ3v) is 4.76. The zero-order chi connectivity index (χ0) is 16.1. The summed E-state index contributed by atoms with van der Waals surface area (Å²) in [6.07, 6.45) is 1.24. The lowest BCUT2D eigenvalue weighted by atomic mass is 10.2. The van der Waals surface area contributed by atoms with E-state index < -0.39 is 6.09 Å². The van der Waals surface area contributed by atoms with Crippen LogP contribution < -0.4 is 4.90 Å². The highest BCUT2D eigenvalue weighted by Gasteiger charge is 2.23. The number of ether oxygens (including phenoxy) is 1. The average molecular weight is 436 g/mol. The van der Waals surface area contributed by atoms with Crippen LogP contribution in [0.5, 0.6) is 0 Å². The van der Waals surface area contributed by atoms with Gasteiger partial charge in [0.1, 0.15) is 6.61 Å². The molecule has 0 aliphatic heterocycles. The second kappa shape index (κ2) is 7.56. The smallest absolute Gasteiger partial charge is 0.421 e. The Morgan fingerprint density at radius 1 is 1.13 bits per heavy atom. The summed E-state index contributed by atoms with van der Waals surface area (Å²) in [5, 5.41) is 2.43. The first kappa shape index (κ1) is 15.9. The fourth-order valence-electron chi connectivity index (χ4n) is 2.02. The maximum absolute atomic E-state index is 12.6. The molecular formula is C17H13IN2O2S. The number of carbonyl (C=O) groups is 1. The molecule has 2 aromatic carbocycles. The standard InChI is InChI=1S/C17H13IN2O2S/c18-14-8-4-5-9-15(14)20(16-19-10-11-23-16)17(21)22-12-13-6-2-1-3-7-13/h1-11H,12H2. The van der Waals surface area contributed by atoms with Crippen LogP contribution in [0.4, 0.5) is 15.6 Å². The molecular weight excluding hydrogens is 423 g/mol. The van der Waals surface area contributed by atoms with Gasteiger partial charge in [-0.1, -0.05) is 42.5 Å². The molecule has 6 heteroatoms. The van der Waals surface area contributed by atoms with Crippen molar-refractivity contribution >= 4 is 50.8 Å². The largest absolute Gasteiger partial charge is 0.444 e. The first-order chi connectivity index (χ1) is 11.3. The molecule has 0 N–H and O–H groups in total. The zero-order valence-electron chi connectivity index (χ0n) is 12.1. The molecule has 0 atom stereocenters. The molecule has 4 nitrogen and oxygen atoms in total. The maximum Gasteiger partial charge on any atom is 0.421 e. The minimum atomic E-state index is -0.437. The maximum atomic E-state index is 12.6. The van der Waals surface area contributed by atoms with Crippen molar-refractivity contribution in [2.24, 2.45) is 0 Å². The Balaban J connectivity index is 1.84. The van der Waals surface area contributed by atoms with Crippen LogP contribution >= 0.6 is 33.9 Å². The third kappa shape index (κ3) is 3.89. The second-order valence-electron chi connectivity index (χ2n) is 4.64. The van der Waals surface area contributed by atoms with Crippen molar-refractivity contribution in [3.8, 4) is 0 Å². The van der Waals surface area contributed by atoms with E-state index in [1.165, 1.54) is 16.2 Å². The molecule has 0 saturated carbocycles. The Hall–Kier alpha value is -1.93. The lowest BCUT2D eigenvalue weighted by Gasteiger charge is -2.20. The van der Waals surface area contributed by atoms with Crippen LogP contribution in [0, 0.1) is 3.57 Å². The first-order valence-corrected chi connectivity index (χ1v) is 8.86. The summed E-state index contributed by atoms with van der Waals surface area (Å²) in [5.74, 6) is 0. The van der Waals surface area contributed by atoms with Crippen molar-refractivity contribution in [3.63, 3.8) is 0 Å². The molecule has 1 heterocycles. The van der Waals surface area contributed by atoms with Crippen LogP contribution in [-0.4, -0.2) is 11.1 Å². The highest BCUT2D eigenvalue weighted by atomic mass is 127. The molecule has 0 bridgehead atoms. The Kier molecular flexibility index (Phi) is 5.24. The van der Waals surface area contributed by atoms with Crippen LogP contribution in [-0.2, 0) is 11.3 Å². The van der Waals surface area contributed by atoms with E-state index in [2.05, 4.69) is 27.6 Å². The summed E-state index contributed by atoms with van der Waals surface area (Å²) >= 11 is 3.60. The van der Waals surface area contributed by atoms with Crippen LogP contribution in [0.25, 0.3) is 0 Å². The molecule has 0 spiro atoms. The van der Waals surface area contributed by atoms with E-state index in [1.54, 1.807) is 6.20 Å². The number of nitrogens with zero attached hydrogens (tertiary/aromatic N) is 2. The molecule has 0 aliphatic rings. The predicted octanol–water partition coefficient (Wildman–Crippen LogP) is 5.22. The number of anilines is 2. The zero-order valence-corrected chi connectivity index (χ0v) is 15.0. The van der Waals surface area contributed by atoms with Crippen molar-refractivity contribution in [2.75, 3.05) is 4.90 Å². The van der Waals surface area contributed by atoms with Crippen molar-refractivity contribution in [3.05, 3.63) is 75.3 Å². The van der Waals surface area contributed by atoms with E-state index in [0.717, 1.165) is 14.8 Å². The lowest BCUT2D eigenvalue weighted by molar-refractivity contribution is 0.150. The van der Waals surface area contributed by atoms with Crippen molar-refractivity contribution < 1.29 is 9.53 Å². The number of hydrogen-bond acceptors (Lipinski definition) is 4. The van der Waals surface area contributed by atoms with E-state index in [4.69, 9.17) is 4.74 Å². The van der Waals surface area contributed by atoms with E-state index >= 15 is 0 Å². The number of thiazole rings is 1. The van der Waals surface area contributed by atoms with E-state index in [1.807, 2.05) is 60.0 Å². The average Bonchev–Trinajstić information content (AvgIpc) is 3.10. The third-order valence-electron chi connectivity index (χ3n) is 3.09. The molecule has 3 aromatic rings. The van der Waals surface area contributed by atoms with Gasteiger partial charge in [0, 0.05) is 15.1 Å². The van der Waals surface area contributed by atoms with Gasteiger partial charge in [0.05, 0.1) is 5.69 Å². The summed E-state index contributed by atoms with van der Waals surface area (Å²) in [4.78, 5) is 18.4.